The number of amides is 1. The molecule has 21 heteroatoms. The van der Waals surface area contributed by atoms with Gasteiger partial charge in [-0.25, -0.2) is 23.5 Å². The molecular weight excluding hydrogens is 1580 g/mol. The van der Waals surface area contributed by atoms with E-state index in [-0.39, 0.29) is 87.0 Å². The Hall–Kier alpha value is -9.16. The summed E-state index contributed by atoms with van der Waals surface area (Å²) in [7, 11) is 3.61. The van der Waals surface area contributed by atoms with E-state index >= 15 is 0 Å². The molecule has 1 aliphatic rings. The van der Waals surface area contributed by atoms with Gasteiger partial charge in [-0.2, -0.15) is 7.05 Å². The molecule has 0 unspecified atom stereocenters. The standard InChI is InChI=1S/C9H8N3O.C9H9N.C8H7FO.C8H9F.C8H7NO4.C8H9NO2.C8H11N.C8H8O2.8C2H6.C2H4.W.Y/c1-12-5-6-3-2-4-7(9(10)13)8(6)11-12;1-7-3-2-4-8-5-10-6-9(7)8;1-6-3-2-4-7(5-10)8(6)9;1-6-4-3-5-7(2)8(6)9;1-5-3-2-4-6(8(10)11)7(5)9(12)13;1-6-4-3-5-7(2)8(6)9(10)11;1-6-4-3-5-7(2)8(6)9;1-6-3-2-4-7(5-6)8(9)10;9*1-2;;/h2-5H,1H2,(H2,10,13);2-5H,6H2,1H3;2-5H,1H3;3-5H,1-2H3;2-4H,1H3,(H,10,11);3-5H,1-2H3;3-5H,9H2,1-2H3;2-5H,1H3,(H,9,10);8*1-2H3;1-2H2;;/q-1;;;;;;;;;;;;;;;;;;. The Morgan fingerprint density at radius 3 is 1.23 bits per heavy atom. The molecule has 0 fully saturated rings. The first-order chi connectivity index (χ1) is 49.1. The zero-order valence-electron chi connectivity index (χ0n) is 67.3. The minimum Gasteiger partial charge on any atom is -0.478 e. The molecule has 2 heterocycles. The molecule has 6 N–H and O–H groups in total. The van der Waals surface area contributed by atoms with Crippen LogP contribution in [0, 0.1) is 108 Å². The zero-order chi connectivity index (χ0) is 81.7. The number of halogens is 2. The van der Waals surface area contributed by atoms with Crippen molar-refractivity contribution < 1.29 is 102 Å². The molecule has 1 radical (unpaired) electrons. The van der Waals surface area contributed by atoms with Crippen molar-refractivity contribution in [3.05, 3.63) is 299 Å². The zero-order valence-corrected chi connectivity index (χ0v) is 73.1. The van der Waals surface area contributed by atoms with Gasteiger partial charge >= 0.3 is 11.9 Å². The van der Waals surface area contributed by atoms with Gasteiger partial charge in [-0.15, -0.1) is 19.4 Å². The van der Waals surface area contributed by atoms with Crippen molar-refractivity contribution in [2.24, 2.45) is 10.7 Å². The number of carboxylic acid groups (broad SMARTS) is 2. The number of nitro groups is 2. The van der Waals surface area contributed by atoms with Crippen molar-refractivity contribution in [3.8, 4) is 0 Å². The monoisotopic (exact) mass is 1700 g/mol. The van der Waals surface area contributed by atoms with Crippen LogP contribution in [0.1, 0.15) is 219 Å². The summed E-state index contributed by atoms with van der Waals surface area (Å²) in [6.07, 6.45) is 4.20. The maximum absolute atomic E-state index is 12.8. The summed E-state index contributed by atoms with van der Waals surface area (Å²) in [5.41, 5.74) is 24.0. The number of nitrogen functional groups attached to an aromatic ring is 1. The maximum Gasteiger partial charge on any atom is 0.342 e. The van der Waals surface area contributed by atoms with E-state index in [1.54, 1.807) is 108 Å². The number of nitro benzene ring substituents is 2. The summed E-state index contributed by atoms with van der Waals surface area (Å²) in [4.78, 5) is 66.1. The van der Waals surface area contributed by atoms with E-state index in [0.717, 1.165) is 56.6 Å². The van der Waals surface area contributed by atoms with Crippen LogP contribution in [0.25, 0.3) is 10.9 Å². The average molecular weight is 1700 g/mol. The van der Waals surface area contributed by atoms with Crippen LogP contribution in [0.4, 0.5) is 25.8 Å². The second kappa shape index (κ2) is 70.5. The number of nitrogens with zero attached hydrogens (tertiary/aromatic N) is 5. The number of aliphatic imine (C=N–C) groups is 1. The van der Waals surface area contributed by atoms with Crippen LogP contribution in [-0.4, -0.2) is 60.2 Å². The van der Waals surface area contributed by atoms with Gasteiger partial charge in [0.15, 0.2) is 6.29 Å². The van der Waals surface area contributed by atoms with Crippen molar-refractivity contribution in [1.29, 1.82) is 0 Å². The number of rotatable bonds is 6. The molecule has 17 nitrogen and oxygen atoms in total. The van der Waals surface area contributed by atoms with Crippen LogP contribution in [0.2, 0.25) is 0 Å². The third kappa shape index (κ3) is 45.0. The molecule has 0 saturated heterocycles. The van der Waals surface area contributed by atoms with Crippen molar-refractivity contribution in [1.82, 2.24) is 9.78 Å². The Balaban J connectivity index is -0.000000139. The quantitative estimate of drug-likeness (QED) is 0.0302. The van der Waals surface area contributed by atoms with E-state index in [4.69, 9.17) is 21.7 Å². The molecule has 0 atom stereocenters. The number of fused-ring (bicyclic) bond motifs is 2. The third-order valence-electron chi connectivity index (χ3n) is 12.6. The van der Waals surface area contributed by atoms with Gasteiger partial charge in [0.05, 0.1) is 38.6 Å². The van der Waals surface area contributed by atoms with Crippen LogP contribution in [-0.2, 0) is 60.3 Å². The Labute approximate surface area is 667 Å². The second-order valence-electron chi connectivity index (χ2n) is 19.2. The number of nitrogens with two attached hydrogens (primary N) is 2. The molecular formula is C84H120F2N7O10WY-. The van der Waals surface area contributed by atoms with E-state index in [1.807, 2.05) is 180 Å². The fourth-order valence-electron chi connectivity index (χ4n) is 7.92. The maximum atomic E-state index is 12.8. The largest absolute Gasteiger partial charge is 0.478 e. The third-order valence-corrected chi connectivity index (χ3v) is 12.6. The predicted molar refractivity (Wildman–Crippen MR) is 432 cm³/mol. The van der Waals surface area contributed by atoms with Gasteiger partial charge in [0.25, 0.3) is 17.3 Å². The normalized spacial score (nSPS) is 8.72. The molecule has 1 amide bonds. The molecule has 0 bridgehead atoms. The number of aromatic nitrogens is 2. The summed E-state index contributed by atoms with van der Waals surface area (Å²) in [6, 6.07) is 44.1. The first-order valence-electron chi connectivity index (χ1n) is 34.5. The van der Waals surface area contributed by atoms with E-state index in [2.05, 4.69) is 55.4 Å². The molecule has 10 rings (SSSR count). The Bertz CT molecular complexity index is 3780. The van der Waals surface area contributed by atoms with Gasteiger partial charge < -0.3 is 26.4 Å². The van der Waals surface area contributed by atoms with Gasteiger partial charge in [-0.1, -0.05) is 243 Å². The van der Waals surface area contributed by atoms with Gasteiger partial charge in [0.2, 0.25) is 0 Å². The van der Waals surface area contributed by atoms with Gasteiger partial charge in [0.1, 0.15) is 17.2 Å². The molecule has 9 aromatic rings. The minimum absolute atomic E-state index is 0. The van der Waals surface area contributed by atoms with Gasteiger partial charge in [-0.05, 0) is 144 Å². The molecule has 575 valence electrons. The topological polar surface area (TPSA) is 277 Å². The summed E-state index contributed by atoms with van der Waals surface area (Å²) < 4.78 is 26.9. The van der Waals surface area contributed by atoms with Gasteiger partial charge in [0, 0.05) is 82.4 Å². The number of aromatic carboxylic acids is 2. The fraction of sp³-hybridized carbons (Fsp3) is 0.321. The van der Waals surface area contributed by atoms with Crippen LogP contribution < -0.4 is 11.5 Å². The number of para-hydroxylation sites is 3. The smallest absolute Gasteiger partial charge is 0.342 e. The van der Waals surface area contributed by atoms with Gasteiger partial charge in [-0.3, -0.25) is 34.8 Å². The number of aryl methyl sites for hydroxylation is 10. The number of hydrogen-bond acceptors (Lipinski definition) is 11. The van der Waals surface area contributed by atoms with Crippen molar-refractivity contribution in [2.45, 2.75) is 187 Å². The number of benzene rings is 8. The van der Waals surface area contributed by atoms with E-state index in [0.29, 0.717) is 34.1 Å². The summed E-state index contributed by atoms with van der Waals surface area (Å²) >= 11 is 0. The van der Waals surface area contributed by atoms with Crippen molar-refractivity contribution >= 4 is 58.3 Å². The Morgan fingerprint density at radius 2 is 0.886 bits per heavy atom. The van der Waals surface area contributed by atoms with E-state index in [1.165, 1.54) is 52.6 Å². The summed E-state index contributed by atoms with van der Waals surface area (Å²) in [6.45, 7) is 57.1. The van der Waals surface area contributed by atoms with Crippen molar-refractivity contribution in [3.63, 3.8) is 0 Å². The molecule has 1 aromatic heterocycles. The number of carboxylic acids is 2. The van der Waals surface area contributed by atoms with Crippen LogP contribution in [0.3, 0.4) is 0 Å². The molecule has 0 spiro atoms. The number of anilines is 1. The fourth-order valence-corrected chi connectivity index (χ4v) is 7.92. The number of aldehydes is 1. The van der Waals surface area contributed by atoms with Crippen LogP contribution >= 0.6 is 0 Å². The predicted octanol–water partition coefficient (Wildman–Crippen LogP) is 23.5. The number of carbonyl (C=O) groups excluding carboxylic acids is 2. The number of hydrogen-bond donors (Lipinski definition) is 4. The first-order valence-corrected chi connectivity index (χ1v) is 34.5. The van der Waals surface area contributed by atoms with Crippen LogP contribution in [0.15, 0.2) is 176 Å². The molecule has 0 saturated carbocycles. The van der Waals surface area contributed by atoms with Crippen molar-refractivity contribution in [2.75, 3.05) is 5.73 Å². The SMILES string of the molecule is C=C.CC.CC.CC.CC.CC.CC.CC.CC.Cc1cccc(C(=O)O)c1.Cc1cccc(C(=O)O)c1[N+](=O)[O-].Cc1cccc(C)c1F.Cc1cccc(C)c1N.Cc1cccc(C)c1[N+](=O)[O-].Cc1cccc(C=O)c1F.Cc1cccc2c1CN=C2.[CH2-]n1cc2cccc(C(N)=O)c2n1.[W].[Y]. The molecule has 8 aromatic carbocycles. The Kier molecular flexibility index (Phi) is 76.8. The summed E-state index contributed by atoms with van der Waals surface area (Å²) in [5.74, 6) is -3.13. The number of carbonyl (C=O) groups is 4. The first kappa shape index (κ1) is 114. The van der Waals surface area contributed by atoms with E-state index < -0.39 is 28.6 Å². The molecule has 0 aliphatic carbocycles. The average Bonchev–Trinajstić information content (AvgIpc) is 1.78. The van der Waals surface area contributed by atoms with E-state index in [9.17, 15) is 48.2 Å². The Morgan fingerprint density at radius 1 is 0.524 bits per heavy atom. The summed E-state index contributed by atoms with van der Waals surface area (Å²) in [5, 5.41) is 43.0. The van der Waals surface area contributed by atoms with Crippen LogP contribution in [0.5, 0.6) is 0 Å². The molecule has 105 heavy (non-hydrogen) atoms. The molecule has 1 aliphatic heterocycles. The number of primary amides is 1. The second-order valence-corrected chi connectivity index (χ2v) is 19.2. The minimum atomic E-state index is -1.28.